The smallest absolute Gasteiger partial charge is 0.224 e. The summed E-state index contributed by atoms with van der Waals surface area (Å²) in [6.07, 6.45) is 2.46. The van der Waals surface area contributed by atoms with Gasteiger partial charge in [0.05, 0.1) is 18.5 Å². The largest absolute Gasteiger partial charge is 0.495 e. The molecule has 1 N–H and O–H groups in total. The number of hydrogen-bond acceptors (Lipinski definition) is 6. The van der Waals surface area contributed by atoms with Gasteiger partial charge in [0.2, 0.25) is 5.91 Å². The average molecular weight is 409 g/mol. The van der Waals surface area contributed by atoms with Crippen molar-refractivity contribution in [2.24, 2.45) is 0 Å². The van der Waals surface area contributed by atoms with Crippen molar-refractivity contribution >= 4 is 17.4 Å². The van der Waals surface area contributed by atoms with Crippen LogP contribution < -0.4 is 15.0 Å². The van der Waals surface area contributed by atoms with E-state index in [0.717, 1.165) is 28.3 Å². The second kappa shape index (κ2) is 8.94. The number of nitrogens with one attached hydrogen (secondary N) is 1. The molecule has 0 saturated heterocycles. The minimum absolute atomic E-state index is 0.0672. The molecular weight excluding hydrogens is 380 g/mol. The summed E-state index contributed by atoms with van der Waals surface area (Å²) in [7, 11) is 5.46. The van der Waals surface area contributed by atoms with E-state index < -0.39 is 0 Å². The highest BCUT2D eigenvalue weighted by Crippen LogP contribution is 2.26. The van der Waals surface area contributed by atoms with Gasteiger partial charge in [-0.15, -0.1) is 0 Å². The molecule has 0 bridgehead atoms. The number of carbonyl (C=O) groups is 1. The number of anilines is 2. The molecule has 0 saturated carbocycles. The zero-order valence-electron chi connectivity index (χ0n) is 18.4. The van der Waals surface area contributed by atoms with Crippen LogP contribution in [0, 0.1) is 20.8 Å². The first-order valence-electron chi connectivity index (χ1n) is 9.79. The maximum absolute atomic E-state index is 12.6. The van der Waals surface area contributed by atoms with E-state index in [0.29, 0.717) is 30.1 Å². The van der Waals surface area contributed by atoms with Crippen LogP contribution in [0.4, 0.5) is 11.5 Å². The Morgan fingerprint density at radius 3 is 2.63 bits per heavy atom. The molecule has 0 fully saturated rings. The van der Waals surface area contributed by atoms with E-state index in [2.05, 4.69) is 20.4 Å². The maximum Gasteiger partial charge on any atom is 0.224 e. The molecule has 0 radical (unpaired) electrons. The molecule has 1 amide bonds. The number of carbonyl (C=O) groups excluding carboxylic acids is 1. The molecule has 30 heavy (non-hydrogen) atoms. The average Bonchev–Trinajstić information content (AvgIpc) is 3.00. The predicted molar refractivity (Wildman–Crippen MR) is 118 cm³/mol. The Morgan fingerprint density at radius 2 is 1.93 bits per heavy atom. The van der Waals surface area contributed by atoms with Crippen LogP contribution in [0.5, 0.6) is 5.75 Å². The third-order valence-electron chi connectivity index (χ3n) is 4.99. The third-order valence-corrected chi connectivity index (χ3v) is 4.99. The van der Waals surface area contributed by atoms with Gasteiger partial charge in [-0.05, 0) is 50.5 Å². The van der Waals surface area contributed by atoms with Crippen LogP contribution in [0.15, 0.2) is 30.6 Å². The quantitative estimate of drug-likeness (QED) is 0.646. The van der Waals surface area contributed by atoms with Crippen LogP contribution in [0.3, 0.4) is 0 Å². The molecule has 8 nitrogen and oxygen atoms in total. The van der Waals surface area contributed by atoms with Gasteiger partial charge >= 0.3 is 0 Å². The van der Waals surface area contributed by atoms with Crippen molar-refractivity contribution in [2.75, 3.05) is 31.4 Å². The van der Waals surface area contributed by atoms with Crippen LogP contribution in [0.1, 0.15) is 28.9 Å². The number of aromatic nitrogens is 4. The van der Waals surface area contributed by atoms with Gasteiger partial charge in [-0.3, -0.25) is 4.79 Å². The Labute approximate surface area is 176 Å². The first kappa shape index (κ1) is 21.3. The summed E-state index contributed by atoms with van der Waals surface area (Å²) < 4.78 is 7.14. The van der Waals surface area contributed by atoms with Crippen molar-refractivity contribution < 1.29 is 9.53 Å². The summed E-state index contributed by atoms with van der Waals surface area (Å²) in [5.74, 6) is 2.09. The second-order valence-electron chi connectivity index (χ2n) is 7.44. The lowest BCUT2D eigenvalue weighted by atomic mass is 10.1. The Hall–Kier alpha value is -3.42. The standard InChI is InChI=1S/C22H28N6O2/c1-14-7-9-19(30-6)18(11-14)25-22(29)10-8-17-15(2)26-28(16(17)3)21-12-20(27(4)5)23-13-24-21/h7,9,11-13H,8,10H2,1-6H3,(H,25,29). The number of hydrogen-bond donors (Lipinski definition) is 1. The first-order valence-corrected chi connectivity index (χ1v) is 9.79. The monoisotopic (exact) mass is 408 g/mol. The van der Waals surface area contributed by atoms with E-state index >= 15 is 0 Å². The minimum atomic E-state index is -0.0672. The Bertz CT molecular complexity index is 1060. The molecule has 2 aromatic heterocycles. The molecule has 0 aliphatic heterocycles. The molecule has 1 aromatic carbocycles. The van der Waals surface area contributed by atoms with Crippen LogP contribution in [-0.4, -0.2) is 46.9 Å². The predicted octanol–water partition coefficient (Wildman–Crippen LogP) is 3.23. The number of aryl methyl sites for hydroxylation is 2. The molecule has 0 spiro atoms. The number of methoxy groups -OCH3 is 1. The van der Waals surface area contributed by atoms with Gasteiger partial charge in [-0.25, -0.2) is 14.6 Å². The van der Waals surface area contributed by atoms with Gasteiger partial charge in [0, 0.05) is 32.3 Å². The molecule has 3 rings (SSSR count). The van der Waals surface area contributed by atoms with Crippen LogP contribution in [-0.2, 0) is 11.2 Å². The first-order chi connectivity index (χ1) is 14.3. The SMILES string of the molecule is COc1ccc(C)cc1NC(=O)CCc1c(C)nn(-c2cc(N(C)C)ncn2)c1C. The van der Waals surface area contributed by atoms with Gasteiger partial charge in [-0.2, -0.15) is 5.10 Å². The summed E-state index contributed by atoms with van der Waals surface area (Å²) in [6.45, 7) is 5.92. The molecule has 8 heteroatoms. The van der Waals surface area contributed by atoms with Crippen molar-refractivity contribution in [3.05, 3.63) is 53.1 Å². The van der Waals surface area contributed by atoms with E-state index in [1.807, 2.05) is 64.0 Å². The normalized spacial score (nSPS) is 10.7. The summed E-state index contributed by atoms with van der Waals surface area (Å²) >= 11 is 0. The van der Waals surface area contributed by atoms with Crippen molar-refractivity contribution in [3.8, 4) is 11.6 Å². The van der Waals surface area contributed by atoms with E-state index in [9.17, 15) is 4.79 Å². The Balaban J connectivity index is 1.75. The number of amides is 1. The molecule has 158 valence electrons. The topological polar surface area (TPSA) is 85.2 Å². The van der Waals surface area contributed by atoms with Crippen LogP contribution >= 0.6 is 0 Å². The van der Waals surface area contributed by atoms with Crippen molar-refractivity contribution in [3.63, 3.8) is 0 Å². The Morgan fingerprint density at radius 1 is 1.17 bits per heavy atom. The minimum Gasteiger partial charge on any atom is -0.495 e. The fourth-order valence-electron chi connectivity index (χ4n) is 3.33. The summed E-state index contributed by atoms with van der Waals surface area (Å²) in [6, 6.07) is 7.60. The highest BCUT2D eigenvalue weighted by molar-refractivity contribution is 5.92. The molecule has 0 atom stereocenters. The van der Waals surface area contributed by atoms with E-state index in [-0.39, 0.29) is 5.91 Å². The van der Waals surface area contributed by atoms with Crippen LogP contribution in [0.2, 0.25) is 0 Å². The fraction of sp³-hybridized carbons (Fsp3) is 0.364. The van der Waals surface area contributed by atoms with Gasteiger partial charge in [0.25, 0.3) is 0 Å². The second-order valence-corrected chi connectivity index (χ2v) is 7.44. The van der Waals surface area contributed by atoms with Crippen LogP contribution in [0.25, 0.3) is 5.82 Å². The Kier molecular flexibility index (Phi) is 6.34. The molecule has 2 heterocycles. The van der Waals surface area contributed by atoms with Gasteiger partial charge < -0.3 is 15.0 Å². The van der Waals surface area contributed by atoms with Gasteiger partial charge in [-0.1, -0.05) is 6.07 Å². The molecule has 0 unspecified atom stereocenters. The number of rotatable bonds is 7. The van der Waals surface area contributed by atoms with E-state index in [1.165, 1.54) is 6.33 Å². The zero-order chi connectivity index (χ0) is 21.8. The lowest BCUT2D eigenvalue weighted by molar-refractivity contribution is -0.116. The fourth-order valence-corrected chi connectivity index (χ4v) is 3.33. The lowest BCUT2D eigenvalue weighted by Gasteiger charge is -2.12. The van der Waals surface area contributed by atoms with E-state index in [1.54, 1.807) is 11.8 Å². The number of nitrogens with zero attached hydrogens (tertiary/aromatic N) is 5. The summed E-state index contributed by atoms with van der Waals surface area (Å²) in [5.41, 5.74) is 4.64. The third kappa shape index (κ3) is 4.59. The highest BCUT2D eigenvalue weighted by Gasteiger charge is 2.16. The van der Waals surface area contributed by atoms with Gasteiger partial charge in [0.15, 0.2) is 5.82 Å². The van der Waals surface area contributed by atoms with E-state index in [4.69, 9.17) is 4.74 Å². The molecule has 0 aliphatic carbocycles. The summed E-state index contributed by atoms with van der Waals surface area (Å²) in [4.78, 5) is 23.1. The lowest BCUT2D eigenvalue weighted by Crippen LogP contribution is -2.14. The summed E-state index contributed by atoms with van der Waals surface area (Å²) in [5, 5.41) is 7.59. The number of ether oxygens (including phenoxy) is 1. The number of benzene rings is 1. The maximum atomic E-state index is 12.6. The molecular formula is C22H28N6O2. The molecule has 0 aliphatic rings. The zero-order valence-corrected chi connectivity index (χ0v) is 18.4. The highest BCUT2D eigenvalue weighted by atomic mass is 16.5. The van der Waals surface area contributed by atoms with Crippen molar-refractivity contribution in [1.82, 2.24) is 19.7 Å². The molecule has 3 aromatic rings. The van der Waals surface area contributed by atoms with Crippen molar-refractivity contribution in [1.29, 1.82) is 0 Å². The van der Waals surface area contributed by atoms with Crippen molar-refractivity contribution in [2.45, 2.75) is 33.6 Å². The van der Waals surface area contributed by atoms with Gasteiger partial charge in [0.1, 0.15) is 17.9 Å².